The number of hydrogen-bond donors (Lipinski definition) is 0. The third kappa shape index (κ3) is 2.77. The molecule has 140 valence electrons. The van der Waals surface area contributed by atoms with Crippen LogP contribution in [0.4, 0.5) is 0 Å². The molecule has 0 unspecified atom stereocenters. The topological polar surface area (TPSA) is 0 Å². The van der Waals surface area contributed by atoms with Gasteiger partial charge in [0.1, 0.15) is 0 Å². The van der Waals surface area contributed by atoms with Crippen LogP contribution in [0, 0.1) is 0 Å². The van der Waals surface area contributed by atoms with Gasteiger partial charge in [0.25, 0.3) is 0 Å². The second kappa shape index (κ2) is 8.63. The Labute approximate surface area is 161 Å². The van der Waals surface area contributed by atoms with Gasteiger partial charge in [-0.15, -0.1) is 0 Å². The van der Waals surface area contributed by atoms with Crippen LogP contribution in [0.3, 0.4) is 0 Å². The zero-order chi connectivity index (χ0) is 18.8. The molecule has 0 aromatic rings. The molecule has 0 bridgehead atoms. The van der Waals surface area contributed by atoms with Crippen molar-refractivity contribution in [3.63, 3.8) is 0 Å². The summed E-state index contributed by atoms with van der Waals surface area (Å²) in [6.45, 7) is 19.4. The SMILES string of the molecule is CCC1=[C](CC)[Sn]2([C](CC)=C1CC)[C](CC)=C(CC)C(CC)=[C]2CC. The summed E-state index contributed by atoms with van der Waals surface area (Å²) in [5.74, 6) is 0. The Hall–Kier alpha value is -0.241. The monoisotopic (exact) mass is 448 g/mol. The van der Waals surface area contributed by atoms with E-state index in [9.17, 15) is 0 Å². The van der Waals surface area contributed by atoms with Crippen molar-refractivity contribution in [3.05, 3.63) is 36.6 Å². The maximum absolute atomic E-state index is 2.81. The van der Waals surface area contributed by atoms with Gasteiger partial charge < -0.3 is 0 Å². The molecule has 0 saturated heterocycles. The molecule has 0 saturated carbocycles. The Kier molecular flexibility index (Phi) is 7.27. The molecule has 25 heavy (non-hydrogen) atoms. The summed E-state index contributed by atoms with van der Waals surface area (Å²) < 4.78 is 7.87. The van der Waals surface area contributed by atoms with Gasteiger partial charge in [-0.25, -0.2) is 0 Å². The molecule has 0 aliphatic carbocycles. The van der Waals surface area contributed by atoms with Crippen LogP contribution in [0.15, 0.2) is 36.6 Å². The van der Waals surface area contributed by atoms with E-state index in [0.717, 1.165) is 0 Å². The molecule has 0 amide bonds. The van der Waals surface area contributed by atoms with Crippen LogP contribution in [0.1, 0.15) is 107 Å². The second-order valence-electron chi connectivity index (χ2n) is 7.41. The summed E-state index contributed by atoms with van der Waals surface area (Å²) in [6, 6.07) is 0. The van der Waals surface area contributed by atoms with Gasteiger partial charge in [-0.2, -0.15) is 0 Å². The minimum atomic E-state index is -2.81. The normalized spacial score (nSPS) is 20.2. The maximum atomic E-state index is 2.45. The quantitative estimate of drug-likeness (QED) is 0.330. The number of hydrogen-bond acceptors (Lipinski definition) is 0. The van der Waals surface area contributed by atoms with Gasteiger partial charge >= 0.3 is 162 Å². The summed E-state index contributed by atoms with van der Waals surface area (Å²) in [4.78, 5) is 0. The molecule has 2 aliphatic heterocycles. The molecule has 0 atom stereocenters. The Bertz CT molecular complexity index is 534. The molecular formula is C24H40Sn. The van der Waals surface area contributed by atoms with E-state index in [2.05, 4.69) is 55.4 Å². The molecule has 1 heteroatoms. The molecule has 2 heterocycles. The molecule has 0 nitrogen and oxygen atoms in total. The first-order valence-electron chi connectivity index (χ1n) is 11.0. The molecule has 0 radical (unpaired) electrons. The Morgan fingerprint density at radius 1 is 0.360 bits per heavy atom. The van der Waals surface area contributed by atoms with Crippen LogP contribution in [0.25, 0.3) is 0 Å². The van der Waals surface area contributed by atoms with Gasteiger partial charge in [0, 0.05) is 0 Å². The van der Waals surface area contributed by atoms with E-state index in [1.54, 1.807) is 22.3 Å². The van der Waals surface area contributed by atoms with Crippen molar-refractivity contribution < 1.29 is 0 Å². The van der Waals surface area contributed by atoms with E-state index in [1.165, 1.54) is 51.4 Å². The van der Waals surface area contributed by atoms with Crippen molar-refractivity contribution in [3.8, 4) is 0 Å². The van der Waals surface area contributed by atoms with E-state index in [0.29, 0.717) is 0 Å². The van der Waals surface area contributed by atoms with E-state index >= 15 is 0 Å². The predicted octanol–water partition coefficient (Wildman–Crippen LogP) is 8.09. The Morgan fingerprint density at radius 3 is 0.680 bits per heavy atom. The summed E-state index contributed by atoms with van der Waals surface area (Å²) in [6.07, 6.45) is 10.1. The average Bonchev–Trinajstić information content (AvgIpc) is 3.08. The molecule has 0 fully saturated rings. The first kappa shape index (κ1) is 21.1. The van der Waals surface area contributed by atoms with Crippen molar-refractivity contribution >= 4 is 18.4 Å². The van der Waals surface area contributed by atoms with Gasteiger partial charge in [0.05, 0.1) is 0 Å². The molecule has 0 N–H and O–H groups in total. The summed E-state index contributed by atoms with van der Waals surface area (Å²) in [7, 11) is 0. The third-order valence-electron chi connectivity index (χ3n) is 6.82. The molecule has 1 spiro atoms. The Balaban J connectivity index is 3.00. The van der Waals surface area contributed by atoms with Crippen molar-refractivity contribution in [1.82, 2.24) is 0 Å². The number of allylic oxidation sites excluding steroid dienone is 8. The van der Waals surface area contributed by atoms with Gasteiger partial charge in [-0.1, -0.05) is 0 Å². The van der Waals surface area contributed by atoms with Gasteiger partial charge in [0.2, 0.25) is 0 Å². The zero-order valence-corrected chi connectivity index (χ0v) is 21.0. The van der Waals surface area contributed by atoms with Crippen LogP contribution in [-0.2, 0) is 0 Å². The third-order valence-corrected chi connectivity index (χ3v) is 24.6. The van der Waals surface area contributed by atoms with Crippen molar-refractivity contribution in [2.75, 3.05) is 0 Å². The standard InChI is InChI=1S/2C12H20.Sn/c2*1-5-9-11(7-3)12(8-4)10-6-2;/h2*5-8H2,1-4H3;. The van der Waals surface area contributed by atoms with Crippen molar-refractivity contribution in [1.29, 1.82) is 0 Å². The van der Waals surface area contributed by atoms with Crippen LogP contribution in [-0.4, -0.2) is 18.4 Å². The van der Waals surface area contributed by atoms with E-state index in [1.807, 2.05) is 14.4 Å². The molecule has 0 aromatic carbocycles. The zero-order valence-electron chi connectivity index (χ0n) is 18.2. The average molecular weight is 447 g/mol. The van der Waals surface area contributed by atoms with Crippen LogP contribution >= 0.6 is 0 Å². The first-order valence-corrected chi connectivity index (χ1v) is 16.7. The van der Waals surface area contributed by atoms with E-state index in [4.69, 9.17) is 0 Å². The Morgan fingerprint density at radius 2 is 0.560 bits per heavy atom. The van der Waals surface area contributed by atoms with Crippen molar-refractivity contribution in [2.45, 2.75) is 107 Å². The fourth-order valence-corrected chi connectivity index (χ4v) is 27.5. The van der Waals surface area contributed by atoms with Crippen LogP contribution in [0.5, 0.6) is 0 Å². The van der Waals surface area contributed by atoms with E-state index in [-0.39, 0.29) is 0 Å². The van der Waals surface area contributed by atoms with E-state index < -0.39 is 18.4 Å². The molecule has 0 aromatic heterocycles. The summed E-state index contributed by atoms with van der Waals surface area (Å²) in [5.41, 5.74) is 7.18. The van der Waals surface area contributed by atoms with Crippen LogP contribution < -0.4 is 0 Å². The van der Waals surface area contributed by atoms with Crippen LogP contribution in [0.2, 0.25) is 0 Å². The summed E-state index contributed by atoms with van der Waals surface area (Å²) in [5, 5.41) is 0. The second-order valence-corrected chi connectivity index (χ2v) is 18.6. The predicted molar refractivity (Wildman–Crippen MR) is 116 cm³/mol. The molecule has 2 rings (SSSR count). The summed E-state index contributed by atoms with van der Waals surface area (Å²) >= 11 is -2.81. The first-order chi connectivity index (χ1) is 12.1. The van der Waals surface area contributed by atoms with Gasteiger partial charge in [0.15, 0.2) is 0 Å². The minimum absolute atomic E-state index is 1.24. The van der Waals surface area contributed by atoms with Crippen molar-refractivity contribution in [2.24, 2.45) is 0 Å². The fourth-order valence-electron chi connectivity index (χ4n) is 6.35. The van der Waals surface area contributed by atoms with Gasteiger partial charge in [-0.05, 0) is 0 Å². The van der Waals surface area contributed by atoms with Gasteiger partial charge in [-0.3, -0.25) is 0 Å². The molecular weight excluding hydrogens is 407 g/mol. The number of rotatable bonds is 8. The fraction of sp³-hybridized carbons (Fsp3) is 0.667. The molecule has 2 aliphatic rings.